The standard InChI is InChI=1S/C19H17Cl2N3O3/c20-15-5-4-12(9-16(15)21)11-2-1-3-14(8-11)23-18(26)19(27)24-7-6-13(10-24)17(22)25/h1-5,8-9,13H,6-7,10H2,(H2,22,25)(H,23,26)/t13-/m1/s1. The maximum Gasteiger partial charge on any atom is 0.313 e. The van der Waals surface area contributed by atoms with Crippen LogP contribution in [0.2, 0.25) is 10.0 Å². The van der Waals surface area contributed by atoms with Gasteiger partial charge in [-0.1, -0.05) is 41.4 Å². The molecule has 3 N–H and O–H groups in total. The Balaban J connectivity index is 1.70. The van der Waals surface area contributed by atoms with Crippen LogP contribution in [-0.4, -0.2) is 35.7 Å². The third-order valence-corrected chi connectivity index (χ3v) is 5.18. The zero-order valence-electron chi connectivity index (χ0n) is 14.2. The Morgan fingerprint density at radius 3 is 2.44 bits per heavy atom. The number of likely N-dealkylation sites (tertiary alicyclic amines) is 1. The molecule has 2 aromatic rings. The van der Waals surface area contributed by atoms with Crippen molar-refractivity contribution in [1.29, 1.82) is 0 Å². The van der Waals surface area contributed by atoms with Crippen molar-refractivity contribution >= 4 is 46.6 Å². The summed E-state index contributed by atoms with van der Waals surface area (Å²) in [5.41, 5.74) is 7.37. The van der Waals surface area contributed by atoms with Gasteiger partial charge in [0.05, 0.1) is 16.0 Å². The lowest BCUT2D eigenvalue weighted by molar-refractivity contribution is -0.142. The Hall–Kier alpha value is -2.57. The number of carbonyl (C=O) groups excluding carboxylic acids is 3. The first-order valence-corrected chi connectivity index (χ1v) is 9.06. The predicted octanol–water partition coefficient (Wildman–Crippen LogP) is 2.93. The fourth-order valence-corrected chi connectivity index (χ4v) is 3.26. The van der Waals surface area contributed by atoms with Crippen LogP contribution >= 0.6 is 23.2 Å². The number of primary amides is 1. The van der Waals surface area contributed by atoms with Crippen molar-refractivity contribution < 1.29 is 14.4 Å². The van der Waals surface area contributed by atoms with Crippen LogP contribution in [0.5, 0.6) is 0 Å². The first kappa shape index (κ1) is 19.2. The van der Waals surface area contributed by atoms with E-state index in [0.29, 0.717) is 28.7 Å². The normalized spacial score (nSPS) is 16.2. The predicted molar refractivity (Wildman–Crippen MR) is 104 cm³/mol. The molecule has 0 radical (unpaired) electrons. The number of anilines is 1. The van der Waals surface area contributed by atoms with Gasteiger partial charge in [0, 0.05) is 18.8 Å². The molecule has 140 valence electrons. The molecular formula is C19H17Cl2N3O3. The van der Waals surface area contributed by atoms with E-state index in [1.165, 1.54) is 4.90 Å². The van der Waals surface area contributed by atoms with Gasteiger partial charge < -0.3 is 16.0 Å². The van der Waals surface area contributed by atoms with Crippen molar-refractivity contribution in [3.63, 3.8) is 0 Å². The zero-order valence-corrected chi connectivity index (χ0v) is 15.8. The van der Waals surface area contributed by atoms with E-state index in [1.807, 2.05) is 12.1 Å². The molecule has 1 atom stereocenters. The molecule has 6 nitrogen and oxygen atoms in total. The SMILES string of the molecule is NC(=O)[C@@H]1CCN(C(=O)C(=O)Nc2cccc(-c3ccc(Cl)c(Cl)c3)c2)C1. The summed E-state index contributed by atoms with van der Waals surface area (Å²) in [4.78, 5) is 37.1. The number of hydrogen-bond donors (Lipinski definition) is 2. The van der Waals surface area contributed by atoms with Crippen LogP contribution in [0.3, 0.4) is 0 Å². The Bertz CT molecular complexity index is 917. The summed E-state index contributed by atoms with van der Waals surface area (Å²) in [7, 11) is 0. The lowest BCUT2D eigenvalue weighted by Gasteiger charge is -2.15. The maximum absolute atomic E-state index is 12.3. The highest BCUT2D eigenvalue weighted by Crippen LogP contribution is 2.29. The van der Waals surface area contributed by atoms with Gasteiger partial charge in [0.1, 0.15) is 0 Å². The van der Waals surface area contributed by atoms with Crippen LogP contribution in [0.4, 0.5) is 5.69 Å². The van der Waals surface area contributed by atoms with Crippen molar-refractivity contribution in [3.05, 3.63) is 52.5 Å². The van der Waals surface area contributed by atoms with E-state index in [9.17, 15) is 14.4 Å². The summed E-state index contributed by atoms with van der Waals surface area (Å²) in [6.45, 7) is 0.508. The van der Waals surface area contributed by atoms with E-state index in [4.69, 9.17) is 28.9 Å². The van der Waals surface area contributed by atoms with Crippen LogP contribution in [0.15, 0.2) is 42.5 Å². The van der Waals surface area contributed by atoms with Crippen molar-refractivity contribution in [3.8, 4) is 11.1 Å². The van der Waals surface area contributed by atoms with Crippen LogP contribution < -0.4 is 11.1 Å². The summed E-state index contributed by atoms with van der Waals surface area (Å²) in [5, 5.41) is 3.48. The molecule has 0 unspecified atom stereocenters. The van der Waals surface area contributed by atoms with Crippen molar-refractivity contribution in [2.45, 2.75) is 6.42 Å². The number of halogens is 2. The Kier molecular flexibility index (Phi) is 5.68. The van der Waals surface area contributed by atoms with Crippen LogP contribution in [0.25, 0.3) is 11.1 Å². The molecule has 3 amide bonds. The van der Waals surface area contributed by atoms with Gasteiger partial charge in [-0.25, -0.2) is 0 Å². The maximum atomic E-state index is 12.3. The second kappa shape index (κ2) is 7.98. The molecule has 27 heavy (non-hydrogen) atoms. The van der Waals surface area contributed by atoms with E-state index >= 15 is 0 Å². The minimum atomic E-state index is -0.758. The van der Waals surface area contributed by atoms with Crippen molar-refractivity contribution in [2.75, 3.05) is 18.4 Å². The quantitative estimate of drug-likeness (QED) is 0.768. The summed E-state index contributed by atoms with van der Waals surface area (Å²) in [6.07, 6.45) is 0.473. The third-order valence-electron chi connectivity index (χ3n) is 4.45. The number of nitrogens with one attached hydrogen (secondary N) is 1. The fourth-order valence-electron chi connectivity index (χ4n) is 2.96. The van der Waals surface area contributed by atoms with Gasteiger partial charge >= 0.3 is 11.8 Å². The van der Waals surface area contributed by atoms with Gasteiger partial charge in [0.15, 0.2) is 0 Å². The molecule has 1 saturated heterocycles. The topological polar surface area (TPSA) is 92.5 Å². The van der Waals surface area contributed by atoms with Gasteiger partial charge in [0.25, 0.3) is 0 Å². The minimum absolute atomic E-state index is 0.172. The molecule has 0 saturated carbocycles. The molecular weight excluding hydrogens is 389 g/mol. The molecule has 1 fully saturated rings. The Morgan fingerprint density at radius 1 is 1.04 bits per heavy atom. The van der Waals surface area contributed by atoms with Gasteiger partial charge in [-0.15, -0.1) is 0 Å². The molecule has 0 aromatic heterocycles. The van der Waals surface area contributed by atoms with E-state index in [-0.39, 0.29) is 6.54 Å². The van der Waals surface area contributed by atoms with E-state index < -0.39 is 23.6 Å². The lowest BCUT2D eigenvalue weighted by Crippen LogP contribution is -2.39. The first-order valence-electron chi connectivity index (χ1n) is 8.30. The average molecular weight is 406 g/mol. The van der Waals surface area contributed by atoms with E-state index in [2.05, 4.69) is 5.32 Å². The van der Waals surface area contributed by atoms with Gasteiger partial charge in [-0.2, -0.15) is 0 Å². The van der Waals surface area contributed by atoms with Crippen molar-refractivity contribution in [1.82, 2.24) is 4.90 Å². The smallest absolute Gasteiger partial charge is 0.313 e. The van der Waals surface area contributed by atoms with E-state index in [1.54, 1.807) is 30.3 Å². The second-order valence-electron chi connectivity index (χ2n) is 6.30. The largest absolute Gasteiger partial charge is 0.369 e. The first-order chi connectivity index (χ1) is 12.8. The van der Waals surface area contributed by atoms with Crippen molar-refractivity contribution in [2.24, 2.45) is 11.7 Å². The highest BCUT2D eigenvalue weighted by atomic mass is 35.5. The molecule has 1 aliphatic heterocycles. The van der Waals surface area contributed by atoms with E-state index in [0.717, 1.165) is 11.1 Å². The monoisotopic (exact) mass is 405 g/mol. The van der Waals surface area contributed by atoms with Crippen LogP contribution in [-0.2, 0) is 14.4 Å². The van der Waals surface area contributed by atoms with Gasteiger partial charge in [-0.3, -0.25) is 14.4 Å². The second-order valence-corrected chi connectivity index (χ2v) is 7.12. The number of hydrogen-bond acceptors (Lipinski definition) is 3. The average Bonchev–Trinajstić information content (AvgIpc) is 3.14. The number of benzene rings is 2. The Morgan fingerprint density at radius 2 is 1.78 bits per heavy atom. The van der Waals surface area contributed by atoms with Gasteiger partial charge in [0.2, 0.25) is 5.91 Å². The minimum Gasteiger partial charge on any atom is -0.369 e. The number of rotatable bonds is 3. The molecule has 1 aliphatic rings. The Labute approximate surface area is 166 Å². The lowest BCUT2D eigenvalue weighted by atomic mass is 10.1. The molecule has 1 heterocycles. The molecule has 0 bridgehead atoms. The molecule has 3 rings (SSSR count). The number of nitrogens with zero attached hydrogens (tertiary/aromatic N) is 1. The van der Waals surface area contributed by atoms with Gasteiger partial charge in [-0.05, 0) is 41.8 Å². The third kappa shape index (κ3) is 4.40. The summed E-state index contributed by atoms with van der Waals surface area (Å²) < 4.78 is 0. The highest BCUT2D eigenvalue weighted by Gasteiger charge is 2.32. The highest BCUT2D eigenvalue weighted by molar-refractivity contribution is 6.42. The molecule has 8 heteroatoms. The fraction of sp³-hybridized carbons (Fsp3) is 0.211. The van der Waals surface area contributed by atoms with Crippen LogP contribution in [0, 0.1) is 5.92 Å². The molecule has 0 aliphatic carbocycles. The number of nitrogens with two attached hydrogens (primary N) is 1. The summed E-state index contributed by atoms with van der Waals surface area (Å²) >= 11 is 12.0. The molecule has 0 spiro atoms. The summed E-state index contributed by atoms with van der Waals surface area (Å²) in [6, 6.07) is 12.3. The summed E-state index contributed by atoms with van der Waals surface area (Å²) in [5.74, 6) is -2.30. The number of amides is 3. The zero-order chi connectivity index (χ0) is 19.6. The van der Waals surface area contributed by atoms with Crippen LogP contribution in [0.1, 0.15) is 6.42 Å². The number of carbonyl (C=O) groups is 3. The molecule has 2 aromatic carbocycles.